The molecule has 1 nitrogen and oxygen atoms in total. The summed E-state index contributed by atoms with van der Waals surface area (Å²) in [4.78, 5) is 2.74. The van der Waals surface area contributed by atoms with Crippen LogP contribution in [0.25, 0.3) is 0 Å². The van der Waals surface area contributed by atoms with Crippen molar-refractivity contribution in [3.8, 4) is 0 Å². The molecule has 0 saturated carbocycles. The number of hydrogen-bond donors (Lipinski definition) is 0. The van der Waals surface area contributed by atoms with Gasteiger partial charge in [-0.05, 0) is 27.7 Å². The van der Waals surface area contributed by atoms with E-state index in [1.165, 1.54) is 18.1 Å². The quantitative estimate of drug-likeness (QED) is 0.593. The summed E-state index contributed by atoms with van der Waals surface area (Å²) >= 11 is 0. The average molecular weight is 244 g/mol. The largest absolute Gasteiger partial charge is 0.299 e. The van der Waals surface area contributed by atoms with Crippen LogP contribution in [0.15, 0.2) is 0 Å². The van der Waals surface area contributed by atoms with Crippen molar-refractivity contribution in [1.82, 2.24) is 4.90 Å². The summed E-state index contributed by atoms with van der Waals surface area (Å²) in [6.45, 7) is 19.1. The van der Waals surface area contributed by atoms with Crippen LogP contribution in [0.1, 0.15) is 55.4 Å². The van der Waals surface area contributed by atoms with Crippen LogP contribution < -0.4 is 0 Å². The van der Waals surface area contributed by atoms with Crippen molar-refractivity contribution in [2.24, 2.45) is 0 Å². The Bertz CT molecular complexity index is 169. The fraction of sp³-hybridized carbons (Fsp3) is 1.00. The van der Waals surface area contributed by atoms with Crippen LogP contribution in [-0.2, 0) is 0 Å². The minimum Gasteiger partial charge on any atom is -0.299 e. The van der Waals surface area contributed by atoms with Crippen LogP contribution in [0.4, 0.5) is 0 Å². The molecule has 0 bridgehead atoms. The second-order valence-corrected chi connectivity index (χ2v) is 11.4. The first-order valence-corrected chi connectivity index (χ1v) is 9.83. The van der Waals surface area contributed by atoms with Crippen molar-refractivity contribution in [3.05, 3.63) is 0 Å². The van der Waals surface area contributed by atoms with Gasteiger partial charge in [0.05, 0.1) is 8.07 Å². The normalized spacial score (nSPS) is 15.2. The van der Waals surface area contributed by atoms with E-state index >= 15 is 0 Å². The van der Waals surface area contributed by atoms with E-state index in [2.05, 4.69) is 60.3 Å². The summed E-state index contributed by atoms with van der Waals surface area (Å²) in [6, 6.07) is 5.63. The van der Waals surface area contributed by atoms with Crippen LogP contribution in [-0.4, -0.2) is 30.7 Å². The van der Waals surface area contributed by atoms with Gasteiger partial charge >= 0.3 is 0 Å². The van der Waals surface area contributed by atoms with E-state index in [1.54, 1.807) is 0 Å². The van der Waals surface area contributed by atoms with Crippen molar-refractivity contribution in [2.45, 2.75) is 91.3 Å². The third kappa shape index (κ3) is 3.33. The van der Waals surface area contributed by atoms with Gasteiger partial charge in [0.1, 0.15) is 0 Å². The topological polar surface area (TPSA) is 3.24 Å². The highest BCUT2D eigenvalue weighted by atomic mass is 28.3. The monoisotopic (exact) mass is 243 g/mol. The van der Waals surface area contributed by atoms with Gasteiger partial charge in [0.25, 0.3) is 0 Å². The molecule has 0 rings (SSSR count). The molecular formula is C14H33NSi. The van der Waals surface area contributed by atoms with E-state index < -0.39 is 8.07 Å². The zero-order chi connectivity index (χ0) is 12.9. The summed E-state index contributed by atoms with van der Waals surface area (Å²) < 4.78 is 0. The number of rotatable bonds is 7. The van der Waals surface area contributed by atoms with Crippen LogP contribution >= 0.6 is 0 Å². The zero-order valence-corrected chi connectivity index (χ0v) is 13.8. The van der Waals surface area contributed by atoms with E-state index in [0.717, 1.165) is 5.67 Å². The Morgan fingerprint density at radius 2 is 1.06 bits per heavy atom. The van der Waals surface area contributed by atoms with Crippen LogP contribution in [0.3, 0.4) is 0 Å². The second kappa shape index (κ2) is 6.80. The summed E-state index contributed by atoms with van der Waals surface area (Å²) in [5.41, 5.74) is 0.812. The maximum absolute atomic E-state index is 2.74. The Morgan fingerprint density at radius 3 is 1.25 bits per heavy atom. The van der Waals surface area contributed by atoms with Crippen molar-refractivity contribution in [1.29, 1.82) is 0 Å². The lowest BCUT2D eigenvalue weighted by molar-refractivity contribution is 0.157. The van der Waals surface area contributed by atoms with Crippen LogP contribution in [0.5, 0.6) is 0 Å². The fourth-order valence-electron chi connectivity index (χ4n) is 3.44. The molecule has 0 radical (unpaired) electrons. The first-order valence-electron chi connectivity index (χ1n) is 7.13. The summed E-state index contributed by atoms with van der Waals surface area (Å²) in [6.07, 6.45) is 0. The molecule has 98 valence electrons. The van der Waals surface area contributed by atoms with Gasteiger partial charge in [-0.15, -0.1) is 0 Å². The predicted octanol–water partition coefficient (Wildman–Crippen LogP) is 4.54. The Labute approximate surface area is 105 Å². The highest BCUT2D eigenvalue weighted by molar-refractivity contribution is 6.81. The van der Waals surface area contributed by atoms with Crippen molar-refractivity contribution in [3.63, 3.8) is 0 Å². The third-order valence-electron chi connectivity index (χ3n) is 4.64. The molecule has 0 fully saturated rings. The lowest BCUT2D eigenvalue weighted by Gasteiger charge is -2.46. The molecule has 0 amide bonds. The Balaban J connectivity index is 5.02. The summed E-state index contributed by atoms with van der Waals surface area (Å²) in [5, 5.41) is 0. The summed E-state index contributed by atoms with van der Waals surface area (Å²) in [7, 11) is -1.08. The molecule has 0 heterocycles. The van der Waals surface area contributed by atoms with E-state index in [4.69, 9.17) is 0 Å². The fourth-order valence-corrected chi connectivity index (χ4v) is 7.94. The van der Waals surface area contributed by atoms with E-state index in [0.29, 0.717) is 12.1 Å². The highest BCUT2D eigenvalue weighted by Gasteiger charge is 2.38. The van der Waals surface area contributed by atoms with E-state index in [1.807, 2.05) is 0 Å². The van der Waals surface area contributed by atoms with Gasteiger partial charge in [-0.1, -0.05) is 45.8 Å². The van der Waals surface area contributed by atoms with E-state index in [9.17, 15) is 0 Å². The molecule has 0 aliphatic rings. The minimum atomic E-state index is -1.08. The highest BCUT2D eigenvalue weighted by Crippen LogP contribution is 2.29. The molecule has 0 aliphatic heterocycles. The maximum Gasteiger partial charge on any atom is 0.0718 e. The summed E-state index contributed by atoms with van der Waals surface area (Å²) in [5.74, 6) is 0. The Hall–Kier alpha value is 0.177. The molecule has 1 unspecified atom stereocenters. The molecular weight excluding hydrogens is 210 g/mol. The van der Waals surface area contributed by atoms with Crippen molar-refractivity contribution < 1.29 is 0 Å². The Morgan fingerprint density at radius 1 is 0.750 bits per heavy atom. The van der Waals surface area contributed by atoms with Crippen molar-refractivity contribution in [2.75, 3.05) is 0 Å². The lowest BCUT2D eigenvalue weighted by Crippen LogP contribution is -2.58. The third-order valence-corrected chi connectivity index (χ3v) is 10.9. The standard InChI is InChI=1S/C14H33NSi/c1-9-16(10-2,11-3)14(8)15(12(4)5)13(6)7/h12-14H,9-11H2,1-8H3. The minimum absolute atomic E-state index is 0.673. The lowest BCUT2D eigenvalue weighted by atomic mass is 10.2. The molecule has 0 aromatic carbocycles. The smallest absolute Gasteiger partial charge is 0.0718 e. The maximum atomic E-state index is 2.74. The van der Waals surface area contributed by atoms with Crippen molar-refractivity contribution >= 4 is 8.07 Å². The molecule has 0 aromatic rings. The van der Waals surface area contributed by atoms with Gasteiger partial charge in [0.2, 0.25) is 0 Å². The SMILES string of the molecule is CC[Si](CC)(CC)C(C)N(C(C)C)C(C)C. The van der Waals surface area contributed by atoms with Crippen LogP contribution in [0.2, 0.25) is 18.1 Å². The predicted molar refractivity (Wildman–Crippen MR) is 78.8 cm³/mol. The Kier molecular flexibility index (Phi) is 6.88. The van der Waals surface area contributed by atoms with Gasteiger partial charge in [-0.2, -0.15) is 0 Å². The first-order chi connectivity index (χ1) is 7.36. The molecule has 1 atom stereocenters. The van der Waals surface area contributed by atoms with Gasteiger partial charge in [0, 0.05) is 17.7 Å². The van der Waals surface area contributed by atoms with E-state index in [-0.39, 0.29) is 0 Å². The molecule has 2 heteroatoms. The average Bonchev–Trinajstić information content (AvgIpc) is 2.20. The molecule has 0 aromatic heterocycles. The zero-order valence-electron chi connectivity index (χ0n) is 12.8. The molecule has 0 saturated heterocycles. The van der Waals surface area contributed by atoms with Crippen LogP contribution in [0, 0.1) is 0 Å². The van der Waals surface area contributed by atoms with Gasteiger partial charge < -0.3 is 0 Å². The van der Waals surface area contributed by atoms with Gasteiger partial charge in [-0.25, -0.2) is 0 Å². The molecule has 0 aliphatic carbocycles. The number of nitrogens with zero attached hydrogens (tertiary/aromatic N) is 1. The van der Waals surface area contributed by atoms with Gasteiger partial charge in [-0.3, -0.25) is 4.90 Å². The van der Waals surface area contributed by atoms with Gasteiger partial charge in [0.15, 0.2) is 0 Å². The first kappa shape index (κ1) is 16.2. The molecule has 0 spiro atoms. The second-order valence-electron chi connectivity index (χ2n) is 5.73. The molecule has 0 N–H and O–H groups in total. The number of hydrogen-bond acceptors (Lipinski definition) is 1. The molecule has 16 heavy (non-hydrogen) atoms.